The maximum absolute atomic E-state index is 14.7. The van der Waals surface area contributed by atoms with Crippen LogP contribution in [0.3, 0.4) is 0 Å². The van der Waals surface area contributed by atoms with Crippen LogP contribution in [0.2, 0.25) is 0 Å². The number of aryl methyl sites for hydroxylation is 1. The molecule has 0 fully saturated rings. The number of benzene rings is 3. The molecule has 0 spiro atoms. The van der Waals surface area contributed by atoms with Crippen LogP contribution in [0.1, 0.15) is 97.4 Å². The number of carbonyl (C=O) groups excluding carboxylic acids is 2. The number of unbranched alkanes of at least 4 members (excludes halogenated alkanes) is 7. The fourth-order valence-corrected chi connectivity index (χ4v) is 4.88. The zero-order valence-corrected chi connectivity index (χ0v) is 26.0. The second-order valence-electron chi connectivity index (χ2n) is 11.1. The van der Waals surface area contributed by atoms with Gasteiger partial charge in [-0.2, -0.15) is 13.2 Å². The van der Waals surface area contributed by atoms with E-state index < -0.39 is 47.8 Å². The smallest absolute Gasteiger partial charge is 0.425 e. The molecular formula is C36H42F4O5. The van der Waals surface area contributed by atoms with Gasteiger partial charge in [-0.25, -0.2) is 14.0 Å². The molecule has 0 aliphatic heterocycles. The Morgan fingerprint density at radius 2 is 1.33 bits per heavy atom. The Morgan fingerprint density at radius 3 is 1.93 bits per heavy atom. The fourth-order valence-electron chi connectivity index (χ4n) is 4.88. The molecule has 0 bridgehead atoms. The van der Waals surface area contributed by atoms with E-state index in [2.05, 4.69) is 23.8 Å². The van der Waals surface area contributed by atoms with Crippen molar-refractivity contribution in [1.29, 1.82) is 0 Å². The van der Waals surface area contributed by atoms with Gasteiger partial charge in [0.2, 0.25) is 0 Å². The molecule has 3 aromatic carbocycles. The van der Waals surface area contributed by atoms with Gasteiger partial charge in [-0.3, -0.25) is 0 Å². The molecule has 0 heterocycles. The molecule has 3 aromatic rings. The third-order valence-electron chi connectivity index (χ3n) is 7.53. The number of hydrogen-bond donors (Lipinski definition) is 0. The monoisotopic (exact) mass is 630 g/mol. The van der Waals surface area contributed by atoms with Crippen LogP contribution in [-0.2, 0) is 15.9 Å². The molecule has 244 valence electrons. The molecule has 0 radical (unpaired) electrons. The van der Waals surface area contributed by atoms with Gasteiger partial charge < -0.3 is 14.2 Å². The zero-order valence-electron chi connectivity index (χ0n) is 26.0. The number of alkyl halides is 3. The molecule has 3 rings (SSSR count). The third-order valence-corrected chi connectivity index (χ3v) is 7.53. The normalized spacial score (nSPS) is 12.1. The van der Waals surface area contributed by atoms with Crippen molar-refractivity contribution in [1.82, 2.24) is 0 Å². The van der Waals surface area contributed by atoms with Crippen LogP contribution in [0, 0.1) is 5.82 Å². The van der Waals surface area contributed by atoms with Gasteiger partial charge in [0.15, 0.2) is 17.7 Å². The maximum atomic E-state index is 14.7. The lowest BCUT2D eigenvalue weighted by Gasteiger charge is -2.20. The molecule has 0 N–H and O–H groups in total. The molecule has 5 nitrogen and oxygen atoms in total. The highest BCUT2D eigenvalue weighted by Gasteiger charge is 2.42. The van der Waals surface area contributed by atoms with E-state index in [1.165, 1.54) is 57.6 Å². The van der Waals surface area contributed by atoms with Crippen molar-refractivity contribution in [3.63, 3.8) is 0 Å². The molecule has 0 unspecified atom stereocenters. The van der Waals surface area contributed by atoms with E-state index >= 15 is 0 Å². The van der Waals surface area contributed by atoms with Gasteiger partial charge in [-0.1, -0.05) is 81.8 Å². The van der Waals surface area contributed by atoms with Crippen LogP contribution >= 0.6 is 0 Å². The van der Waals surface area contributed by atoms with E-state index in [1.807, 2.05) is 12.1 Å². The zero-order chi connectivity index (χ0) is 32.7. The summed E-state index contributed by atoms with van der Waals surface area (Å²) in [6.45, 7) is 2.50. The predicted octanol–water partition coefficient (Wildman–Crippen LogP) is 9.91. The minimum Gasteiger partial charge on any atom is -0.449 e. The van der Waals surface area contributed by atoms with E-state index in [4.69, 9.17) is 9.47 Å². The van der Waals surface area contributed by atoms with Gasteiger partial charge in [0.25, 0.3) is 0 Å². The molecule has 0 aliphatic carbocycles. The number of halogens is 4. The van der Waals surface area contributed by atoms with E-state index in [1.54, 1.807) is 24.3 Å². The summed E-state index contributed by atoms with van der Waals surface area (Å²) >= 11 is 0. The summed E-state index contributed by atoms with van der Waals surface area (Å²) in [5.41, 5.74) is 2.93. The van der Waals surface area contributed by atoms with Gasteiger partial charge in [0, 0.05) is 13.7 Å². The Hall–Kier alpha value is -3.72. The van der Waals surface area contributed by atoms with Crippen molar-refractivity contribution in [2.45, 2.75) is 89.8 Å². The first-order valence-electron chi connectivity index (χ1n) is 15.6. The third kappa shape index (κ3) is 12.0. The first-order valence-corrected chi connectivity index (χ1v) is 15.6. The van der Waals surface area contributed by atoms with E-state index in [0.29, 0.717) is 12.5 Å². The van der Waals surface area contributed by atoms with Crippen LogP contribution < -0.4 is 4.74 Å². The average Bonchev–Trinajstić information content (AvgIpc) is 3.02. The van der Waals surface area contributed by atoms with E-state index in [9.17, 15) is 27.2 Å². The Morgan fingerprint density at radius 1 is 0.733 bits per heavy atom. The SMILES string of the molecule is CCCCCCCCCc1ccc(-c2ccc(C(=O)Oc3ccc(C(=O)O[C@H](CCCCOC)C(F)(F)F)cc3F)cc2)cc1. The number of ether oxygens (including phenoxy) is 3. The molecular weight excluding hydrogens is 588 g/mol. The van der Waals surface area contributed by atoms with Gasteiger partial charge in [0.1, 0.15) is 0 Å². The van der Waals surface area contributed by atoms with Crippen LogP contribution in [0.4, 0.5) is 17.6 Å². The van der Waals surface area contributed by atoms with Crippen LogP contribution in [0.15, 0.2) is 66.7 Å². The van der Waals surface area contributed by atoms with E-state index in [-0.39, 0.29) is 18.6 Å². The summed E-state index contributed by atoms with van der Waals surface area (Å²) in [6, 6.07) is 17.7. The van der Waals surface area contributed by atoms with Crippen molar-refractivity contribution >= 4 is 11.9 Å². The number of rotatable bonds is 18. The van der Waals surface area contributed by atoms with Crippen LogP contribution in [0.25, 0.3) is 11.1 Å². The minimum atomic E-state index is -4.78. The predicted molar refractivity (Wildman–Crippen MR) is 166 cm³/mol. The van der Waals surface area contributed by atoms with Gasteiger partial charge in [0.05, 0.1) is 11.1 Å². The Balaban J connectivity index is 1.53. The second-order valence-corrected chi connectivity index (χ2v) is 11.1. The lowest BCUT2D eigenvalue weighted by molar-refractivity contribution is -0.206. The quantitative estimate of drug-likeness (QED) is 0.0606. The summed E-state index contributed by atoms with van der Waals surface area (Å²) in [4.78, 5) is 25.0. The topological polar surface area (TPSA) is 61.8 Å². The summed E-state index contributed by atoms with van der Waals surface area (Å²) < 4.78 is 69.3. The average molecular weight is 631 g/mol. The highest BCUT2D eigenvalue weighted by Crippen LogP contribution is 2.29. The molecule has 9 heteroatoms. The molecule has 0 amide bonds. The highest BCUT2D eigenvalue weighted by atomic mass is 19.4. The number of methoxy groups -OCH3 is 1. The Kier molecular flexibility index (Phi) is 14.5. The van der Waals surface area contributed by atoms with Crippen molar-refractivity contribution in [3.05, 3.63) is 89.2 Å². The first kappa shape index (κ1) is 35.8. The lowest BCUT2D eigenvalue weighted by atomic mass is 10.00. The minimum absolute atomic E-state index is 0.126. The lowest BCUT2D eigenvalue weighted by Crippen LogP contribution is -2.34. The van der Waals surface area contributed by atoms with Crippen molar-refractivity contribution in [2.24, 2.45) is 0 Å². The van der Waals surface area contributed by atoms with Crippen LogP contribution in [-0.4, -0.2) is 37.9 Å². The summed E-state index contributed by atoms with van der Waals surface area (Å²) in [5.74, 6) is -3.71. The number of hydrogen-bond acceptors (Lipinski definition) is 5. The standard InChI is InChI=1S/C36H42F4O5/c1-3-4-5-6-7-8-9-12-26-14-16-27(17-15-26)28-18-20-29(21-19-28)34(41)44-32-23-22-30(25-31(32)37)35(42)45-33(36(38,39)40)13-10-11-24-43-2/h14-23,25,33H,3-13,24H2,1-2H3/t33-/m1/s1. The Labute approximate surface area is 262 Å². The van der Waals surface area contributed by atoms with E-state index in [0.717, 1.165) is 29.7 Å². The number of carbonyl (C=O) groups is 2. The second kappa shape index (κ2) is 18.3. The highest BCUT2D eigenvalue weighted by molar-refractivity contribution is 5.92. The maximum Gasteiger partial charge on any atom is 0.425 e. The largest absolute Gasteiger partial charge is 0.449 e. The molecule has 45 heavy (non-hydrogen) atoms. The van der Waals surface area contributed by atoms with Gasteiger partial charge in [-0.15, -0.1) is 0 Å². The Bertz CT molecular complexity index is 1340. The molecule has 0 aromatic heterocycles. The molecule has 0 saturated heterocycles. The summed E-state index contributed by atoms with van der Waals surface area (Å²) in [7, 11) is 1.43. The van der Waals surface area contributed by atoms with Gasteiger partial charge in [-0.05, 0) is 79.1 Å². The van der Waals surface area contributed by atoms with Gasteiger partial charge >= 0.3 is 18.1 Å². The first-order chi connectivity index (χ1) is 21.6. The van der Waals surface area contributed by atoms with Crippen LogP contribution in [0.5, 0.6) is 5.75 Å². The number of esters is 2. The molecule has 1 atom stereocenters. The fraction of sp³-hybridized carbons (Fsp3) is 0.444. The summed E-state index contributed by atoms with van der Waals surface area (Å²) in [5, 5.41) is 0. The van der Waals surface area contributed by atoms with Crippen molar-refractivity contribution in [3.8, 4) is 16.9 Å². The molecule has 0 saturated carbocycles. The summed E-state index contributed by atoms with van der Waals surface area (Å²) in [6.07, 6.45) is 2.86. The molecule has 0 aliphatic rings. The van der Waals surface area contributed by atoms with Crippen molar-refractivity contribution in [2.75, 3.05) is 13.7 Å². The van der Waals surface area contributed by atoms with Crippen molar-refractivity contribution < 1.29 is 41.4 Å².